The van der Waals surface area contributed by atoms with E-state index in [0.717, 1.165) is 11.1 Å². The van der Waals surface area contributed by atoms with Crippen LogP contribution >= 0.6 is 0 Å². The average Bonchev–Trinajstić information content (AvgIpc) is 2.61. The normalized spacial score (nSPS) is 25.0. The third kappa shape index (κ3) is 3.47. The van der Waals surface area contributed by atoms with E-state index in [4.69, 9.17) is 0 Å². The molecule has 3 atom stereocenters. The molecule has 2 aromatic rings. The zero-order valence-corrected chi connectivity index (χ0v) is 15.2. The first kappa shape index (κ1) is 19.9. The Kier molecular flexibility index (Phi) is 4.93. The standard InChI is InChI=1S/C20H19F3N2O3/c1-11-3-7-13(8-4-11)16-15(17(26)14-9-5-12(2)6-10-14)19(28,20(21,22)23)25-18(27)24-16/h3-10,15-16,28H,1-2H3,(H2,24,25,27)/t15-,16-,19+/m1/s1. The molecule has 0 saturated carbocycles. The number of carbonyl (C=O) groups excluding carboxylic acids is 2. The van der Waals surface area contributed by atoms with Gasteiger partial charge in [-0.25, -0.2) is 4.79 Å². The van der Waals surface area contributed by atoms with Crippen molar-refractivity contribution in [3.8, 4) is 0 Å². The van der Waals surface area contributed by atoms with Crippen LogP contribution in [0.25, 0.3) is 0 Å². The van der Waals surface area contributed by atoms with Crippen LogP contribution in [0.3, 0.4) is 0 Å². The number of aryl methyl sites for hydroxylation is 2. The number of amides is 2. The Morgan fingerprint density at radius 1 is 1.00 bits per heavy atom. The third-order valence-corrected chi connectivity index (χ3v) is 4.86. The Morgan fingerprint density at radius 2 is 1.50 bits per heavy atom. The highest BCUT2D eigenvalue weighted by atomic mass is 19.4. The summed E-state index contributed by atoms with van der Waals surface area (Å²) in [5.41, 5.74) is -1.74. The number of alkyl halides is 3. The van der Waals surface area contributed by atoms with Gasteiger partial charge in [0.05, 0.1) is 6.04 Å². The smallest absolute Gasteiger partial charge is 0.363 e. The second-order valence-corrected chi connectivity index (χ2v) is 6.96. The lowest BCUT2D eigenvalue weighted by molar-refractivity contribution is -0.287. The Hall–Kier alpha value is -2.87. The van der Waals surface area contributed by atoms with Gasteiger partial charge in [-0.1, -0.05) is 59.7 Å². The average molecular weight is 392 g/mol. The van der Waals surface area contributed by atoms with Gasteiger partial charge >= 0.3 is 12.2 Å². The maximum Gasteiger partial charge on any atom is 0.437 e. The number of benzene rings is 2. The minimum atomic E-state index is -5.27. The number of nitrogens with one attached hydrogen (secondary N) is 2. The first-order valence-electron chi connectivity index (χ1n) is 8.58. The van der Waals surface area contributed by atoms with Crippen LogP contribution in [-0.4, -0.2) is 28.8 Å². The number of hydrogen-bond donors (Lipinski definition) is 3. The predicted octanol–water partition coefficient (Wildman–Crippen LogP) is 3.41. The van der Waals surface area contributed by atoms with E-state index in [1.807, 2.05) is 0 Å². The number of urea groups is 1. The number of carbonyl (C=O) groups is 2. The molecule has 148 valence electrons. The first-order valence-corrected chi connectivity index (χ1v) is 8.58. The van der Waals surface area contributed by atoms with Gasteiger partial charge in [0.1, 0.15) is 5.92 Å². The summed E-state index contributed by atoms with van der Waals surface area (Å²) in [5.74, 6) is -2.95. The molecular formula is C20H19F3N2O3. The predicted molar refractivity (Wildman–Crippen MR) is 95.6 cm³/mol. The van der Waals surface area contributed by atoms with E-state index in [-0.39, 0.29) is 11.1 Å². The van der Waals surface area contributed by atoms with Gasteiger partial charge in [-0.2, -0.15) is 13.2 Å². The van der Waals surface area contributed by atoms with Gasteiger partial charge < -0.3 is 15.7 Å². The summed E-state index contributed by atoms with van der Waals surface area (Å²) in [6.45, 7) is 3.57. The topological polar surface area (TPSA) is 78.4 Å². The van der Waals surface area contributed by atoms with Crippen molar-refractivity contribution in [2.45, 2.75) is 31.8 Å². The Morgan fingerprint density at radius 3 is 2.00 bits per heavy atom. The number of rotatable bonds is 3. The van der Waals surface area contributed by atoms with Crippen LogP contribution in [0.1, 0.15) is 33.1 Å². The number of aliphatic hydroxyl groups is 1. The maximum absolute atomic E-state index is 13.8. The molecule has 8 heteroatoms. The van der Waals surface area contributed by atoms with Crippen molar-refractivity contribution < 1.29 is 27.9 Å². The molecule has 1 saturated heterocycles. The van der Waals surface area contributed by atoms with E-state index < -0.39 is 35.7 Å². The van der Waals surface area contributed by atoms with Crippen molar-refractivity contribution in [3.05, 3.63) is 70.8 Å². The van der Waals surface area contributed by atoms with Gasteiger partial charge in [-0.3, -0.25) is 4.79 Å². The zero-order valence-electron chi connectivity index (χ0n) is 15.2. The van der Waals surface area contributed by atoms with Gasteiger partial charge in [0.25, 0.3) is 0 Å². The molecule has 1 heterocycles. The van der Waals surface area contributed by atoms with Crippen LogP contribution in [0, 0.1) is 19.8 Å². The van der Waals surface area contributed by atoms with Crippen LogP contribution in [-0.2, 0) is 0 Å². The van der Waals surface area contributed by atoms with Gasteiger partial charge in [0, 0.05) is 5.56 Å². The molecule has 3 rings (SSSR count). The van der Waals surface area contributed by atoms with E-state index in [0.29, 0.717) is 0 Å². The largest absolute Gasteiger partial charge is 0.437 e. The van der Waals surface area contributed by atoms with Crippen LogP contribution < -0.4 is 10.6 Å². The van der Waals surface area contributed by atoms with Crippen LogP contribution in [0.2, 0.25) is 0 Å². The molecule has 1 aliphatic heterocycles. The summed E-state index contributed by atoms with van der Waals surface area (Å²) in [4.78, 5) is 25.0. The SMILES string of the molecule is Cc1ccc(C(=O)[C@H]2[C@@H](c3ccc(C)cc3)NC(=O)N[C@@]2(O)C(F)(F)F)cc1. The summed E-state index contributed by atoms with van der Waals surface area (Å²) in [7, 11) is 0. The maximum atomic E-state index is 13.8. The van der Waals surface area contributed by atoms with Crippen molar-refractivity contribution in [3.63, 3.8) is 0 Å². The van der Waals surface area contributed by atoms with Crippen LogP contribution in [0.5, 0.6) is 0 Å². The molecule has 5 nitrogen and oxygen atoms in total. The Bertz CT molecular complexity index is 894. The minimum absolute atomic E-state index is 0.00772. The molecular weight excluding hydrogens is 373 g/mol. The summed E-state index contributed by atoms with van der Waals surface area (Å²) in [6.07, 6.45) is -5.27. The third-order valence-electron chi connectivity index (χ3n) is 4.86. The second kappa shape index (κ2) is 6.94. The van der Waals surface area contributed by atoms with E-state index in [9.17, 15) is 27.9 Å². The van der Waals surface area contributed by atoms with Gasteiger partial charge in [0.15, 0.2) is 5.78 Å². The molecule has 28 heavy (non-hydrogen) atoms. The minimum Gasteiger partial charge on any atom is -0.363 e. The lowest BCUT2D eigenvalue weighted by atomic mass is 9.77. The molecule has 0 aliphatic carbocycles. The summed E-state index contributed by atoms with van der Waals surface area (Å²) >= 11 is 0. The van der Waals surface area contributed by atoms with Crippen molar-refractivity contribution >= 4 is 11.8 Å². The highest BCUT2D eigenvalue weighted by Crippen LogP contribution is 2.43. The second-order valence-electron chi connectivity index (χ2n) is 6.96. The molecule has 0 aromatic heterocycles. The fourth-order valence-electron chi connectivity index (χ4n) is 3.29. The molecule has 0 spiro atoms. The van der Waals surface area contributed by atoms with Crippen LogP contribution in [0.15, 0.2) is 48.5 Å². The highest BCUT2D eigenvalue weighted by Gasteiger charge is 2.66. The van der Waals surface area contributed by atoms with Gasteiger partial charge in [-0.05, 0) is 19.4 Å². The molecule has 0 bridgehead atoms. The fraction of sp³-hybridized carbons (Fsp3) is 0.300. The summed E-state index contributed by atoms with van der Waals surface area (Å²) < 4.78 is 41.4. The molecule has 1 aliphatic rings. The number of Topliss-reactive ketones (excluding diaryl/α,β-unsaturated/α-hetero) is 1. The Labute approximate surface area is 159 Å². The van der Waals surface area contributed by atoms with E-state index in [2.05, 4.69) is 5.32 Å². The monoisotopic (exact) mass is 392 g/mol. The van der Waals surface area contributed by atoms with Crippen molar-refractivity contribution in [1.29, 1.82) is 0 Å². The highest BCUT2D eigenvalue weighted by molar-refractivity contribution is 6.00. The lowest BCUT2D eigenvalue weighted by Crippen LogP contribution is -2.72. The van der Waals surface area contributed by atoms with Crippen molar-refractivity contribution in [2.75, 3.05) is 0 Å². The van der Waals surface area contributed by atoms with E-state index in [1.165, 1.54) is 29.6 Å². The lowest BCUT2D eigenvalue weighted by Gasteiger charge is -2.45. The zero-order chi connectivity index (χ0) is 20.7. The quantitative estimate of drug-likeness (QED) is 0.701. The molecule has 1 fully saturated rings. The van der Waals surface area contributed by atoms with Crippen molar-refractivity contribution in [1.82, 2.24) is 10.6 Å². The van der Waals surface area contributed by atoms with Crippen LogP contribution in [0.4, 0.5) is 18.0 Å². The summed E-state index contributed by atoms with van der Waals surface area (Å²) in [6, 6.07) is 9.77. The van der Waals surface area contributed by atoms with E-state index >= 15 is 0 Å². The fourth-order valence-corrected chi connectivity index (χ4v) is 3.29. The molecule has 2 aromatic carbocycles. The van der Waals surface area contributed by atoms with Gasteiger partial charge in [0.2, 0.25) is 5.72 Å². The van der Waals surface area contributed by atoms with Gasteiger partial charge in [-0.15, -0.1) is 0 Å². The molecule has 3 N–H and O–H groups in total. The van der Waals surface area contributed by atoms with E-state index in [1.54, 1.807) is 38.1 Å². The van der Waals surface area contributed by atoms with Crippen molar-refractivity contribution in [2.24, 2.45) is 5.92 Å². The molecule has 0 unspecified atom stereocenters. The molecule has 2 amide bonds. The molecule has 0 radical (unpaired) electrons. The number of hydrogen-bond acceptors (Lipinski definition) is 3. The number of ketones is 1. The first-order chi connectivity index (χ1) is 13.0. The Balaban J connectivity index is 2.15. The number of halogens is 3. The summed E-state index contributed by atoms with van der Waals surface area (Å²) in [5, 5.41) is 14.4.